The van der Waals surface area contributed by atoms with E-state index in [0.29, 0.717) is 23.7 Å². The fourth-order valence-electron chi connectivity index (χ4n) is 1.66. The summed E-state index contributed by atoms with van der Waals surface area (Å²) in [5.41, 5.74) is 0.588. The van der Waals surface area contributed by atoms with Crippen LogP contribution in [0.15, 0.2) is 24.3 Å². The number of benzene rings is 1. The highest BCUT2D eigenvalue weighted by Crippen LogP contribution is 2.20. The average molecular weight is 285 g/mol. The van der Waals surface area contributed by atoms with Crippen molar-refractivity contribution >= 4 is 23.2 Å². The Kier molecular flexibility index (Phi) is 6.28. The molecule has 1 aromatic carbocycles. The first-order chi connectivity index (χ1) is 8.94. The Bertz CT molecular complexity index is 422. The Morgan fingerprint density at radius 2 is 2.05 bits per heavy atom. The molecule has 4 nitrogen and oxygen atoms in total. The molecule has 0 heterocycles. The van der Waals surface area contributed by atoms with E-state index < -0.39 is 0 Å². The van der Waals surface area contributed by atoms with Crippen LogP contribution in [0.4, 0.5) is 5.69 Å². The second kappa shape index (κ2) is 7.48. The SMILES string of the molecule is CC(C)(CCO)CNCC(=O)Nc1ccccc1Cl. The highest BCUT2D eigenvalue weighted by atomic mass is 35.5. The molecule has 3 N–H and O–H groups in total. The Balaban J connectivity index is 2.35. The fraction of sp³-hybridized carbons (Fsp3) is 0.500. The quantitative estimate of drug-likeness (QED) is 0.720. The van der Waals surface area contributed by atoms with Crippen molar-refractivity contribution in [2.75, 3.05) is 25.0 Å². The van der Waals surface area contributed by atoms with Crippen molar-refractivity contribution in [3.05, 3.63) is 29.3 Å². The van der Waals surface area contributed by atoms with E-state index >= 15 is 0 Å². The van der Waals surface area contributed by atoms with Gasteiger partial charge in [-0.1, -0.05) is 37.6 Å². The standard InChI is InChI=1S/C14H21ClN2O2/c1-14(2,7-8-18)10-16-9-13(19)17-12-6-4-3-5-11(12)15/h3-6,16,18H,7-10H2,1-2H3,(H,17,19). The molecular weight excluding hydrogens is 264 g/mol. The molecule has 0 saturated heterocycles. The molecule has 0 radical (unpaired) electrons. The van der Waals surface area contributed by atoms with Crippen molar-refractivity contribution < 1.29 is 9.90 Å². The fourth-order valence-corrected chi connectivity index (χ4v) is 1.85. The zero-order chi connectivity index (χ0) is 14.3. The van der Waals surface area contributed by atoms with Crippen molar-refractivity contribution in [3.63, 3.8) is 0 Å². The minimum absolute atomic E-state index is 0.0284. The molecule has 0 aliphatic carbocycles. The number of para-hydroxylation sites is 1. The van der Waals surface area contributed by atoms with Crippen molar-refractivity contribution in [1.29, 1.82) is 0 Å². The molecule has 0 aromatic heterocycles. The van der Waals surface area contributed by atoms with Crippen LogP contribution in [0.2, 0.25) is 5.02 Å². The summed E-state index contributed by atoms with van der Waals surface area (Å²) in [7, 11) is 0. The summed E-state index contributed by atoms with van der Waals surface area (Å²) >= 11 is 5.95. The van der Waals surface area contributed by atoms with Crippen LogP contribution in [0.25, 0.3) is 0 Å². The normalized spacial score (nSPS) is 11.4. The monoisotopic (exact) mass is 284 g/mol. The third-order valence-electron chi connectivity index (χ3n) is 2.83. The van der Waals surface area contributed by atoms with Crippen molar-refractivity contribution in [2.24, 2.45) is 5.41 Å². The maximum absolute atomic E-state index is 11.7. The first kappa shape index (κ1) is 16.0. The molecule has 106 valence electrons. The number of aliphatic hydroxyl groups excluding tert-OH is 1. The molecule has 1 aromatic rings. The van der Waals surface area contributed by atoms with Gasteiger partial charge >= 0.3 is 0 Å². The molecule has 0 spiro atoms. The van der Waals surface area contributed by atoms with Gasteiger partial charge in [0.05, 0.1) is 17.3 Å². The van der Waals surface area contributed by atoms with Gasteiger partial charge in [-0.15, -0.1) is 0 Å². The van der Waals surface area contributed by atoms with Crippen LogP contribution < -0.4 is 10.6 Å². The molecule has 0 aliphatic heterocycles. The summed E-state index contributed by atoms with van der Waals surface area (Å²) in [6, 6.07) is 7.12. The summed E-state index contributed by atoms with van der Waals surface area (Å²) in [4.78, 5) is 11.7. The van der Waals surface area contributed by atoms with Crippen molar-refractivity contribution in [3.8, 4) is 0 Å². The average Bonchev–Trinajstić information content (AvgIpc) is 2.31. The van der Waals surface area contributed by atoms with Crippen LogP contribution in [-0.4, -0.2) is 30.7 Å². The summed E-state index contributed by atoms with van der Waals surface area (Å²) in [6.07, 6.45) is 0.701. The van der Waals surface area contributed by atoms with E-state index in [2.05, 4.69) is 10.6 Å². The van der Waals surface area contributed by atoms with Gasteiger partial charge in [0, 0.05) is 13.2 Å². The molecule has 0 unspecified atom stereocenters. The lowest BCUT2D eigenvalue weighted by atomic mass is 9.90. The molecule has 1 amide bonds. The molecular formula is C14H21ClN2O2. The van der Waals surface area contributed by atoms with Gasteiger partial charge in [0.2, 0.25) is 5.91 Å². The van der Waals surface area contributed by atoms with Gasteiger partial charge in [-0.2, -0.15) is 0 Å². The number of aliphatic hydroxyl groups is 1. The second-order valence-electron chi connectivity index (χ2n) is 5.27. The largest absolute Gasteiger partial charge is 0.396 e. The minimum Gasteiger partial charge on any atom is -0.396 e. The lowest BCUT2D eigenvalue weighted by Gasteiger charge is -2.23. The topological polar surface area (TPSA) is 61.4 Å². The van der Waals surface area contributed by atoms with Gasteiger partial charge in [0.25, 0.3) is 0 Å². The summed E-state index contributed by atoms with van der Waals surface area (Å²) in [5.74, 6) is -0.132. The van der Waals surface area contributed by atoms with E-state index in [0.717, 1.165) is 0 Å². The number of halogens is 1. The number of hydrogen-bond donors (Lipinski definition) is 3. The number of amides is 1. The Hall–Kier alpha value is -1.10. The number of carbonyl (C=O) groups is 1. The maximum Gasteiger partial charge on any atom is 0.238 e. The van der Waals surface area contributed by atoms with E-state index in [9.17, 15) is 4.79 Å². The second-order valence-corrected chi connectivity index (χ2v) is 5.68. The summed E-state index contributed by atoms with van der Waals surface area (Å²) < 4.78 is 0. The van der Waals surface area contributed by atoms with Crippen LogP contribution in [0.1, 0.15) is 20.3 Å². The maximum atomic E-state index is 11.7. The van der Waals surface area contributed by atoms with E-state index in [1.807, 2.05) is 26.0 Å². The van der Waals surface area contributed by atoms with Gasteiger partial charge in [0.15, 0.2) is 0 Å². The van der Waals surface area contributed by atoms with Crippen LogP contribution in [0, 0.1) is 5.41 Å². The molecule has 19 heavy (non-hydrogen) atoms. The van der Waals surface area contributed by atoms with Crippen LogP contribution in [0.5, 0.6) is 0 Å². The smallest absolute Gasteiger partial charge is 0.238 e. The molecule has 0 bridgehead atoms. The van der Waals surface area contributed by atoms with Gasteiger partial charge in [0.1, 0.15) is 0 Å². The summed E-state index contributed by atoms with van der Waals surface area (Å²) in [6.45, 7) is 5.13. The minimum atomic E-state index is -0.132. The van der Waals surface area contributed by atoms with E-state index in [1.165, 1.54) is 0 Å². The first-order valence-corrected chi connectivity index (χ1v) is 6.68. The zero-order valence-corrected chi connectivity index (χ0v) is 12.1. The van der Waals surface area contributed by atoms with Crippen LogP contribution in [-0.2, 0) is 4.79 Å². The number of rotatable bonds is 7. The van der Waals surface area contributed by atoms with Crippen LogP contribution in [0.3, 0.4) is 0 Å². The number of hydrogen-bond acceptors (Lipinski definition) is 3. The highest BCUT2D eigenvalue weighted by molar-refractivity contribution is 6.33. The van der Waals surface area contributed by atoms with E-state index in [-0.39, 0.29) is 24.5 Å². The number of anilines is 1. The molecule has 1 rings (SSSR count). The third kappa shape index (κ3) is 6.05. The van der Waals surface area contributed by atoms with Gasteiger partial charge in [-0.05, 0) is 24.0 Å². The van der Waals surface area contributed by atoms with E-state index in [1.54, 1.807) is 12.1 Å². The molecule has 0 fully saturated rings. The van der Waals surface area contributed by atoms with Gasteiger partial charge in [-0.25, -0.2) is 0 Å². The van der Waals surface area contributed by atoms with Crippen molar-refractivity contribution in [1.82, 2.24) is 5.32 Å². The number of nitrogens with one attached hydrogen (secondary N) is 2. The van der Waals surface area contributed by atoms with Crippen molar-refractivity contribution in [2.45, 2.75) is 20.3 Å². The summed E-state index contributed by atoms with van der Waals surface area (Å²) in [5, 5.41) is 15.3. The molecule has 5 heteroatoms. The lowest BCUT2D eigenvalue weighted by molar-refractivity contribution is -0.115. The predicted octanol–water partition coefficient (Wildman–Crippen LogP) is 2.28. The molecule has 0 aliphatic rings. The van der Waals surface area contributed by atoms with Gasteiger partial charge in [-0.3, -0.25) is 4.79 Å². The number of carbonyl (C=O) groups excluding carboxylic acids is 1. The van der Waals surface area contributed by atoms with Gasteiger partial charge < -0.3 is 15.7 Å². The first-order valence-electron chi connectivity index (χ1n) is 6.30. The Morgan fingerprint density at radius 3 is 2.68 bits per heavy atom. The highest BCUT2D eigenvalue weighted by Gasteiger charge is 2.17. The molecule has 0 saturated carbocycles. The van der Waals surface area contributed by atoms with Crippen LogP contribution >= 0.6 is 11.6 Å². The zero-order valence-electron chi connectivity index (χ0n) is 11.4. The third-order valence-corrected chi connectivity index (χ3v) is 3.16. The predicted molar refractivity (Wildman–Crippen MR) is 78.4 cm³/mol. The van der Waals surface area contributed by atoms with E-state index in [4.69, 9.17) is 16.7 Å². The Morgan fingerprint density at radius 1 is 1.37 bits per heavy atom. The lowest BCUT2D eigenvalue weighted by Crippen LogP contribution is -2.35. The molecule has 0 atom stereocenters. The Labute approximate surface area is 119 Å².